The Morgan fingerprint density at radius 2 is 1.69 bits per heavy atom. The topological polar surface area (TPSA) is 56.9 Å². The fourth-order valence-electron chi connectivity index (χ4n) is 3.45. The SMILES string of the molecule is CCN1CCN(Cc2ccc(CN=C(N)NCC3CCC3)cc2)CC1.I. The molecule has 146 valence electrons. The van der Waals surface area contributed by atoms with Gasteiger partial charge in [0.25, 0.3) is 0 Å². The van der Waals surface area contributed by atoms with E-state index in [1.165, 1.54) is 63.1 Å². The monoisotopic (exact) mass is 471 g/mol. The summed E-state index contributed by atoms with van der Waals surface area (Å²) in [5, 5.41) is 3.25. The van der Waals surface area contributed by atoms with Gasteiger partial charge in [0, 0.05) is 39.3 Å². The maximum absolute atomic E-state index is 5.95. The summed E-state index contributed by atoms with van der Waals surface area (Å²) in [6.07, 6.45) is 4.02. The number of nitrogens with two attached hydrogens (primary N) is 1. The highest BCUT2D eigenvalue weighted by Crippen LogP contribution is 2.25. The second-order valence-corrected chi connectivity index (χ2v) is 7.41. The third kappa shape index (κ3) is 6.70. The molecule has 6 heteroatoms. The van der Waals surface area contributed by atoms with Gasteiger partial charge in [-0.1, -0.05) is 37.6 Å². The van der Waals surface area contributed by atoms with Crippen molar-refractivity contribution >= 4 is 29.9 Å². The number of nitrogens with one attached hydrogen (secondary N) is 1. The first-order valence-electron chi connectivity index (χ1n) is 9.79. The van der Waals surface area contributed by atoms with Crippen LogP contribution in [0, 0.1) is 5.92 Å². The second kappa shape index (κ2) is 11.1. The van der Waals surface area contributed by atoms with Gasteiger partial charge in [-0.05, 0) is 36.4 Å². The van der Waals surface area contributed by atoms with Crippen molar-refractivity contribution in [3.8, 4) is 0 Å². The van der Waals surface area contributed by atoms with Crippen molar-refractivity contribution < 1.29 is 0 Å². The number of nitrogens with zero attached hydrogens (tertiary/aromatic N) is 3. The van der Waals surface area contributed by atoms with Crippen LogP contribution in [0.25, 0.3) is 0 Å². The van der Waals surface area contributed by atoms with E-state index in [1.54, 1.807) is 0 Å². The molecule has 1 aliphatic heterocycles. The Balaban J connectivity index is 0.00000243. The highest BCUT2D eigenvalue weighted by Gasteiger charge is 2.17. The molecule has 3 N–H and O–H groups in total. The smallest absolute Gasteiger partial charge is 0.188 e. The van der Waals surface area contributed by atoms with Gasteiger partial charge in [-0.25, -0.2) is 4.99 Å². The van der Waals surface area contributed by atoms with Crippen LogP contribution in [0.2, 0.25) is 0 Å². The van der Waals surface area contributed by atoms with E-state index >= 15 is 0 Å². The van der Waals surface area contributed by atoms with E-state index in [4.69, 9.17) is 5.73 Å². The molecule has 26 heavy (non-hydrogen) atoms. The van der Waals surface area contributed by atoms with Crippen molar-refractivity contribution in [1.82, 2.24) is 15.1 Å². The number of aliphatic imine (C=N–C) groups is 1. The summed E-state index contributed by atoms with van der Waals surface area (Å²) in [6, 6.07) is 8.82. The summed E-state index contributed by atoms with van der Waals surface area (Å²) < 4.78 is 0. The zero-order chi connectivity index (χ0) is 17.5. The van der Waals surface area contributed by atoms with Crippen molar-refractivity contribution in [2.24, 2.45) is 16.6 Å². The zero-order valence-corrected chi connectivity index (χ0v) is 18.3. The van der Waals surface area contributed by atoms with Crippen LogP contribution >= 0.6 is 24.0 Å². The predicted molar refractivity (Wildman–Crippen MR) is 120 cm³/mol. The molecule has 1 aromatic rings. The number of piperazine rings is 1. The summed E-state index contributed by atoms with van der Waals surface area (Å²) in [6.45, 7) is 10.8. The minimum atomic E-state index is 0. The number of likely N-dealkylation sites (N-methyl/N-ethyl adjacent to an activating group) is 1. The molecule has 0 amide bonds. The summed E-state index contributed by atoms with van der Waals surface area (Å²) in [7, 11) is 0. The van der Waals surface area contributed by atoms with Gasteiger partial charge >= 0.3 is 0 Å². The molecule has 0 atom stereocenters. The minimum Gasteiger partial charge on any atom is -0.370 e. The maximum Gasteiger partial charge on any atom is 0.188 e. The Bertz CT molecular complexity index is 548. The average Bonchev–Trinajstić information content (AvgIpc) is 2.60. The molecular formula is C20H34IN5. The zero-order valence-electron chi connectivity index (χ0n) is 16.0. The fourth-order valence-corrected chi connectivity index (χ4v) is 3.45. The Kier molecular flexibility index (Phi) is 9.15. The number of guanidine groups is 1. The van der Waals surface area contributed by atoms with Crippen LogP contribution in [-0.4, -0.2) is 55.0 Å². The van der Waals surface area contributed by atoms with Gasteiger partial charge in [0.1, 0.15) is 0 Å². The van der Waals surface area contributed by atoms with Crippen LogP contribution < -0.4 is 11.1 Å². The molecule has 3 rings (SSSR count). The van der Waals surface area contributed by atoms with Gasteiger partial charge < -0.3 is 16.0 Å². The standard InChI is InChI=1S/C20H33N5.HI/c1-2-24-10-12-25(13-11-24)16-19-8-6-18(7-9-19)15-23-20(21)22-14-17-4-3-5-17;/h6-9,17H,2-5,10-16H2,1H3,(H3,21,22,23);1H. The Labute approximate surface area is 175 Å². The Hall–Kier alpha value is -0.860. The molecule has 0 aromatic heterocycles. The molecule has 1 aliphatic carbocycles. The summed E-state index contributed by atoms with van der Waals surface area (Å²) in [4.78, 5) is 9.51. The summed E-state index contributed by atoms with van der Waals surface area (Å²) in [5.74, 6) is 1.37. The second-order valence-electron chi connectivity index (χ2n) is 7.41. The average molecular weight is 471 g/mol. The lowest BCUT2D eigenvalue weighted by Crippen LogP contribution is -2.45. The molecule has 2 aliphatic rings. The fraction of sp³-hybridized carbons (Fsp3) is 0.650. The third-order valence-electron chi connectivity index (χ3n) is 5.57. The number of rotatable bonds is 7. The molecule has 0 spiro atoms. The van der Waals surface area contributed by atoms with E-state index < -0.39 is 0 Å². The van der Waals surface area contributed by atoms with Gasteiger partial charge in [-0.3, -0.25) is 4.90 Å². The lowest BCUT2D eigenvalue weighted by molar-refractivity contribution is 0.132. The number of halogens is 1. The molecular weight excluding hydrogens is 437 g/mol. The first kappa shape index (κ1) is 21.4. The first-order valence-corrected chi connectivity index (χ1v) is 9.79. The predicted octanol–water partition coefficient (Wildman–Crippen LogP) is 2.65. The molecule has 5 nitrogen and oxygen atoms in total. The van der Waals surface area contributed by atoms with Crippen molar-refractivity contribution in [3.05, 3.63) is 35.4 Å². The van der Waals surface area contributed by atoms with E-state index in [2.05, 4.69) is 51.3 Å². The quantitative estimate of drug-likeness (QED) is 0.365. The molecule has 2 fully saturated rings. The van der Waals surface area contributed by atoms with Gasteiger partial charge in [0.2, 0.25) is 0 Å². The van der Waals surface area contributed by atoms with Gasteiger partial charge in [-0.15, -0.1) is 24.0 Å². The molecule has 1 heterocycles. The largest absolute Gasteiger partial charge is 0.370 e. The highest BCUT2D eigenvalue weighted by atomic mass is 127. The molecule has 0 bridgehead atoms. The van der Waals surface area contributed by atoms with Crippen molar-refractivity contribution in [3.63, 3.8) is 0 Å². The van der Waals surface area contributed by atoms with E-state index in [-0.39, 0.29) is 24.0 Å². The van der Waals surface area contributed by atoms with Crippen molar-refractivity contribution in [2.75, 3.05) is 39.3 Å². The van der Waals surface area contributed by atoms with E-state index in [0.717, 1.165) is 19.0 Å². The Morgan fingerprint density at radius 3 is 2.27 bits per heavy atom. The van der Waals surface area contributed by atoms with E-state index in [0.29, 0.717) is 12.5 Å². The Morgan fingerprint density at radius 1 is 1.08 bits per heavy atom. The van der Waals surface area contributed by atoms with Gasteiger partial charge in [0.05, 0.1) is 6.54 Å². The lowest BCUT2D eigenvalue weighted by atomic mass is 9.85. The number of hydrogen-bond acceptors (Lipinski definition) is 3. The molecule has 0 radical (unpaired) electrons. The van der Waals surface area contributed by atoms with Crippen molar-refractivity contribution in [2.45, 2.75) is 39.3 Å². The van der Waals surface area contributed by atoms with E-state index in [1.807, 2.05) is 0 Å². The molecule has 1 saturated carbocycles. The first-order chi connectivity index (χ1) is 12.2. The third-order valence-corrected chi connectivity index (χ3v) is 5.57. The minimum absolute atomic E-state index is 0. The van der Waals surface area contributed by atoms with Gasteiger partial charge in [0.15, 0.2) is 5.96 Å². The van der Waals surface area contributed by atoms with Crippen LogP contribution in [-0.2, 0) is 13.1 Å². The molecule has 0 unspecified atom stereocenters. The molecule has 1 saturated heterocycles. The van der Waals surface area contributed by atoms with Gasteiger partial charge in [-0.2, -0.15) is 0 Å². The lowest BCUT2D eigenvalue weighted by Gasteiger charge is -2.34. The highest BCUT2D eigenvalue weighted by molar-refractivity contribution is 14.0. The summed E-state index contributed by atoms with van der Waals surface area (Å²) in [5.41, 5.74) is 8.55. The van der Waals surface area contributed by atoms with Crippen molar-refractivity contribution in [1.29, 1.82) is 0 Å². The number of benzene rings is 1. The molecule has 1 aromatic carbocycles. The van der Waals surface area contributed by atoms with Crippen LogP contribution in [0.4, 0.5) is 0 Å². The van der Waals surface area contributed by atoms with Crippen LogP contribution in [0.3, 0.4) is 0 Å². The normalized spacial score (nSPS) is 19.7. The van der Waals surface area contributed by atoms with E-state index in [9.17, 15) is 0 Å². The number of hydrogen-bond donors (Lipinski definition) is 2. The van der Waals surface area contributed by atoms with Crippen LogP contribution in [0.1, 0.15) is 37.3 Å². The van der Waals surface area contributed by atoms with Crippen LogP contribution in [0.15, 0.2) is 29.3 Å². The maximum atomic E-state index is 5.95. The summed E-state index contributed by atoms with van der Waals surface area (Å²) >= 11 is 0. The van der Waals surface area contributed by atoms with Crippen LogP contribution in [0.5, 0.6) is 0 Å².